The molecule has 0 unspecified atom stereocenters. The van der Waals surface area contributed by atoms with Crippen LogP contribution in [0.4, 0.5) is 0 Å². The molecule has 2 heterocycles. The Hall–Kier alpha value is -2.64. The predicted octanol–water partition coefficient (Wildman–Crippen LogP) is 3.90. The van der Waals surface area contributed by atoms with Gasteiger partial charge in [0.25, 0.3) is 11.8 Å². The molecule has 3 aromatic rings. The number of aryl methyl sites for hydroxylation is 3. The molecule has 0 saturated carbocycles. The summed E-state index contributed by atoms with van der Waals surface area (Å²) in [5.74, 6) is -0.856. The fourth-order valence-corrected chi connectivity index (χ4v) is 4.22. The first-order valence-electron chi connectivity index (χ1n) is 8.87. The van der Waals surface area contributed by atoms with E-state index in [1.807, 2.05) is 50.2 Å². The topological polar surface area (TPSA) is 76.0 Å². The molecule has 0 bridgehead atoms. The van der Waals surface area contributed by atoms with E-state index in [-0.39, 0.29) is 16.6 Å². The molecule has 0 radical (unpaired) electrons. The molecule has 0 saturated heterocycles. The van der Waals surface area contributed by atoms with Gasteiger partial charge in [0.1, 0.15) is 10.7 Å². The van der Waals surface area contributed by atoms with Crippen LogP contribution in [0.5, 0.6) is 0 Å². The molecule has 2 N–H and O–H groups in total. The summed E-state index contributed by atoms with van der Waals surface area (Å²) in [6.07, 6.45) is 0.867. The molecule has 8 heteroatoms. The number of amides is 2. The molecule has 146 valence electrons. The Balaban J connectivity index is 1.69. The highest BCUT2D eigenvalue weighted by Crippen LogP contribution is 2.23. The number of nitrogens with one attached hydrogen (secondary N) is 2. The Bertz CT molecular complexity index is 1010. The summed E-state index contributed by atoms with van der Waals surface area (Å²) >= 11 is 7.80. The van der Waals surface area contributed by atoms with Crippen molar-refractivity contribution in [3.8, 4) is 0 Å². The van der Waals surface area contributed by atoms with Crippen LogP contribution >= 0.6 is 22.9 Å². The molecule has 0 aliphatic carbocycles. The summed E-state index contributed by atoms with van der Waals surface area (Å²) in [7, 11) is 0. The monoisotopic (exact) mass is 416 g/mol. The molecule has 0 aliphatic heterocycles. The molecular formula is C20H21ClN4O2S. The van der Waals surface area contributed by atoms with E-state index in [0.717, 1.165) is 22.4 Å². The third kappa shape index (κ3) is 4.26. The van der Waals surface area contributed by atoms with Crippen molar-refractivity contribution in [2.45, 2.75) is 33.7 Å². The Labute approximate surface area is 172 Å². The lowest BCUT2D eigenvalue weighted by Crippen LogP contribution is -2.41. The summed E-state index contributed by atoms with van der Waals surface area (Å²) in [6, 6.07) is 11.5. The first kappa shape index (κ1) is 20.1. The van der Waals surface area contributed by atoms with E-state index in [9.17, 15) is 9.59 Å². The number of hydrogen-bond acceptors (Lipinski definition) is 4. The van der Waals surface area contributed by atoms with E-state index in [0.29, 0.717) is 17.1 Å². The molecule has 28 heavy (non-hydrogen) atoms. The lowest BCUT2D eigenvalue weighted by atomic mass is 10.2. The number of hydrazine groups is 1. The summed E-state index contributed by atoms with van der Waals surface area (Å²) in [5, 5.41) is 4.58. The van der Waals surface area contributed by atoms with Crippen LogP contribution in [0.2, 0.25) is 5.15 Å². The van der Waals surface area contributed by atoms with Crippen LogP contribution in [0.25, 0.3) is 0 Å². The quantitative estimate of drug-likeness (QED) is 0.619. The van der Waals surface area contributed by atoms with Crippen molar-refractivity contribution in [1.29, 1.82) is 0 Å². The molecular weight excluding hydrogens is 396 g/mol. The van der Waals surface area contributed by atoms with Crippen molar-refractivity contribution >= 4 is 34.8 Å². The van der Waals surface area contributed by atoms with Crippen molar-refractivity contribution in [1.82, 2.24) is 20.6 Å². The van der Waals surface area contributed by atoms with Crippen molar-refractivity contribution < 1.29 is 9.59 Å². The number of aromatic nitrogens is 2. The van der Waals surface area contributed by atoms with Gasteiger partial charge in [-0.3, -0.25) is 20.4 Å². The van der Waals surface area contributed by atoms with Crippen molar-refractivity contribution in [3.05, 3.63) is 73.7 Å². The van der Waals surface area contributed by atoms with Gasteiger partial charge in [0.05, 0.1) is 17.1 Å². The highest BCUT2D eigenvalue weighted by molar-refractivity contribution is 7.14. The number of thiophene rings is 1. The number of nitrogens with zero attached hydrogens (tertiary/aromatic N) is 2. The summed E-state index contributed by atoms with van der Waals surface area (Å²) < 4.78 is 1.57. The fraction of sp³-hybridized carbons (Fsp3) is 0.250. The third-order valence-corrected chi connectivity index (χ3v) is 6.09. The number of rotatable bonds is 5. The van der Waals surface area contributed by atoms with Gasteiger partial charge in [-0.1, -0.05) is 48.9 Å². The highest BCUT2D eigenvalue weighted by atomic mass is 35.5. The second kappa shape index (κ2) is 8.58. The van der Waals surface area contributed by atoms with Crippen LogP contribution in [0.3, 0.4) is 0 Å². The third-order valence-electron chi connectivity index (χ3n) is 4.32. The van der Waals surface area contributed by atoms with Crippen molar-refractivity contribution in [2.75, 3.05) is 0 Å². The van der Waals surface area contributed by atoms with Gasteiger partial charge in [-0.25, -0.2) is 4.68 Å². The highest BCUT2D eigenvalue weighted by Gasteiger charge is 2.21. The Morgan fingerprint density at radius 1 is 1.14 bits per heavy atom. The van der Waals surface area contributed by atoms with Crippen LogP contribution in [0.15, 0.2) is 36.4 Å². The molecule has 3 rings (SSSR count). The largest absolute Gasteiger partial charge is 0.279 e. The average Bonchev–Trinajstić information content (AvgIpc) is 3.19. The van der Waals surface area contributed by atoms with E-state index < -0.39 is 5.91 Å². The molecule has 0 aliphatic rings. The Kier molecular flexibility index (Phi) is 6.16. The lowest BCUT2D eigenvalue weighted by Gasteiger charge is -2.07. The summed E-state index contributed by atoms with van der Waals surface area (Å²) in [5.41, 5.74) is 7.72. The van der Waals surface area contributed by atoms with Crippen LogP contribution < -0.4 is 10.9 Å². The zero-order valence-corrected chi connectivity index (χ0v) is 17.4. The first-order chi connectivity index (χ1) is 13.4. The zero-order chi connectivity index (χ0) is 20.3. The molecule has 1 aromatic carbocycles. The number of carbonyl (C=O) groups is 2. The van der Waals surface area contributed by atoms with Gasteiger partial charge in [0, 0.05) is 4.88 Å². The minimum absolute atomic E-state index is 0.230. The van der Waals surface area contributed by atoms with Crippen LogP contribution in [-0.2, 0) is 13.0 Å². The zero-order valence-electron chi connectivity index (χ0n) is 15.9. The van der Waals surface area contributed by atoms with Crippen LogP contribution in [0, 0.1) is 13.8 Å². The maximum atomic E-state index is 12.6. The van der Waals surface area contributed by atoms with Gasteiger partial charge in [0.15, 0.2) is 0 Å². The van der Waals surface area contributed by atoms with Gasteiger partial charge in [-0.15, -0.1) is 11.3 Å². The van der Waals surface area contributed by atoms with Crippen LogP contribution in [0.1, 0.15) is 48.7 Å². The van der Waals surface area contributed by atoms with Crippen molar-refractivity contribution in [2.24, 2.45) is 0 Å². The van der Waals surface area contributed by atoms with Gasteiger partial charge < -0.3 is 0 Å². The van der Waals surface area contributed by atoms with E-state index in [1.165, 1.54) is 11.3 Å². The normalized spacial score (nSPS) is 10.7. The second-order valence-electron chi connectivity index (χ2n) is 6.37. The Morgan fingerprint density at radius 2 is 1.82 bits per heavy atom. The van der Waals surface area contributed by atoms with E-state index in [1.54, 1.807) is 11.6 Å². The van der Waals surface area contributed by atoms with Crippen molar-refractivity contribution in [3.63, 3.8) is 0 Å². The smallest absolute Gasteiger partial charge is 0.267 e. The fourth-order valence-electron chi connectivity index (χ4n) is 2.89. The molecule has 0 atom stereocenters. The predicted molar refractivity (Wildman–Crippen MR) is 111 cm³/mol. The molecule has 0 spiro atoms. The lowest BCUT2D eigenvalue weighted by molar-refractivity contribution is 0.0848. The summed E-state index contributed by atoms with van der Waals surface area (Å²) in [6.45, 7) is 6.17. The average molecular weight is 417 g/mol. The molecule has 2 aromatic heterocycles. The summed E-state index contributed by atoms with van der Waals surface area (Å²) in [4.78, 5) is 26.6. The first-order valence-corrected chi connectivity index (χ1v) is 10.1. The van der Waals surface area contributed by atoms with E-state index >= 15 is 0 Å². The number of carbonyl (C=O) groups excluding carboxylic acids is 2. The number of halogens is 1. The Morgan fingerprint density at radius 3 is 2.46 bits per heavy atom. The second-order valence-corrected chi connectivity index (χ2v) is 7.87. The van der Waals surface area contributed by atoms with E-state index in [2.05, 4.69) is 16.0 Å². The van der Waals surface area contributed by atoms with Crippen LogP contribution in [-0.4, -0.2) is 21.6 Å². The van der Waals surface area contributed by atoms with E-state index in [4.69, 9.17) is 11.6 Å². The van der Waals surface area contributed by atoms with Gasteiger partial charge in [-0.2, -0.15) is 5.10 Å². The number of hydrogen-bond donors (Lipinski definition) is 2. The number of benzene rings is 1. The van der Waals surface area contributed by atoms with Gasteiger partial charge in [-0.05, 0) is 37.5 Å². The minimum atomic E-state index is -0.501. The maximum absolute atomic E-state index is 12.6. The molecule has 0 fully saturated rings. The molecule has 2 amide bonds. The minimum Gasteiger partial charge on any atom is -0.267 e. The maximum Gasteiger partial charge on any atom is 0.279 e. The SMILES string of the molecule is CCc1sc(C(=O)NNC(=O)c2c(C)nn(Cc3ccccc3)c2Cl)cc1C. The molecule has 6 nitrogen and oxygen atoms in total. The van der Waals surface area contributed by atoms with Gasteiger partial charge >= 0.3 is 0 Å². The van der Waals surface area contributed by atoms with Gasteiger partial charge in [0.2, 0.25) is 0 Å². The standard InChI is InChI=1S/C20H21ClN4O2S/c1-4-15-12(2)10-16(28-15)19(26)22-23-20(27)17-13(3)24-25(18(17)21)11-14-8-6-5-7-9-14/h5-10H,4,11H2,1-3H3,(H,22,26)(H,23,27).